The first-order valence-electron chi connectivity index (χ1n) is 6.49. The van der Waals surface area contributed by atoms with Gasteiger partial charge in [0, 0.05) is 5.02 Å². The highest BCUT2D eigenvalue weighted by molar-refractivity contribution is 6.30. The molecule has 106 valence electrons. The molecule has 1 fully saturated rings. The lowest BCUT2D eigenvalue weighted by Crippen LogP contribution is -2.35. The van der Waals surface area contributed by atoms with Crippen molar-refractivity contribution in [3.63, 3.8) is 0 Å². The van der Waals surface area contributed by atoms with Gasteiger partial charge in [-0.1, -0.05) is 16.8 Å². The Balaban J connectivity index is 1.98. The number of benzene rings is 1. The molecule has 2 N–H and O–H groups in total. The van der Waals surface area contributed by atoms with Crippen LogP contribution < -0.4 is 10.5 Å². The van der Waals surface area contributed by atoms with Crippen molar-refractivity contribution < 1.29 is 9.26 Å². The number of hydrogen-bond acceptors (Lipinski definition) is 5. The van der Waals surface area contributed by atoms with Crippen LogP contribution in [0.5, 0.6) is 5.75 Å². The second kappa shape index (κ2) is 4.75. The van der Waals surface area contributed by atoms with Gasteiger partial charge in [-0.2, -0.15) is 4.98 Å². The largest absolute Gasteiger partial charge is 0.496 e. The van der Waals surface area contributed by atoms with E-state index in [0.29, 0.717) is 28.4 Å². The van der Waals surface area contributed by atoms with Gasteiger partial charge in [-0.15, -0.1) is 0 Å². The van der Waals surface area contributed by atoms with Crippen molar-refractivity contribution in [1.29, 1.82) is 0 Å². The van der Waals surface area contributed by atoms with Crippen molar-refractivity contribution in [2.45, 2.75) is 25.3 Å². The summed E-state index contributed by atoms with van der Waals surface area (Å²) in [6, 6.07) is 5.29. The summed E-state index contributed by atoms with van der Waals surface area (Å²) in [4.78, 5) is 4.43. The van der Waals surface area contributed by atoms with E-state index in [0.717, 1.165) is 18.4 Å². The van der Waals surface area contributed by atoms with Gasteiger partial charge in [-0.3, -0.25) is 0 Å². The van der Waals surface area contributed by atoms with E-state index in [9.17, 15) is 0 Å². The Hall–Kier alpha value is -1.59. The summed E-state index contributed by atoms with van der Waals surface area (Å²) in [6.45, 7) is 1.93. The Morgan fingerprint density at radius 1 is 1.45 bits per heavy atom. The SMILES string of the molecule is COc1cc(Cl)ccc1-c1noc(C(C)(N)C2CC2)n1. The fourth-order valence-electron chi connectivity index (χ4n) is 2.26. The van der Waals surface area contributed by atoms with Crippen LogP contribution in [-0.2, 0) is 5.54 Å². The highest BCUT2D eigenvalue weighted by Gasteiger charge is 2.44. The average Bonchev–Trinajstić information content (AvgIpc) is 3.17. The molecule has 1 heterocycles. The standard InChI is InChI=1S/C14H16ClN3O2/c1-14(16,8-3-4-8)13-17-12(18-20-13)10-6-5-9(15)7-11(10)19-2/h5-8H,3-4,16H2,1-2H3. The predicted molar refractivity (Wildman–Crippen MR) is 75.6 cm³/mol. The molecule has 1 aliphatic rings. The zero-order valence-electron chi connectivity index (χ0n) is 11.4. The average molecular weight is 294 g/mol. The van der Waals surface area contributed by atoms with Gasteiger partial charge in [0.05, 0.1) is 18.2 Å². The minimum atomic E-state index is -0.565. The number of hydrogen-bond donors (Lipinski definition) is 1. The fraction of sp³-hybridized carbons (Fsp3) is 0.429. The normalized spacial score (nSPS) is 17.8. The second-order valence-corrected chi connectivity index (χ2v) is 5.76. The zero-order chi connectivity index (χ0) is 14.3. The van der Waals surface area contributed by atoms with Gasteiger partial charge in [-0.25, -0.2) is 0 Å². The smallest absolute Gasteiger partial charge is 0.247 e. The first kappa shape index (κ1) is 13.4. The minimum Gasteiger partial charge on any atom is -0.496 e. The van der Waals surface area contributed by atoms with Crippen molar-refractivity contribution in [2.75, 3.05) is 7.11 Å². The summed E-state index contributed by atoms with van der Waals surface area (Å²) < 4.78 is 10.6. The maximum Gasteiger partial charge on any atom is 0.247 e. The Bertz CT molecular complexity index is 635. The molecule has 1 aliphatic carbocycles. The molecule has 5 nitrogen and oxygen atoms in total. The minimum absolute atomic E-state index is 0.419. The van der Waals surface area contributed by atoms with E-state index in [1.54, 1.807) is 25.3 Å². The Morgan fingerprint density at radius 3 is 2.85 bits per heavy atom. The van der Waals surface area contributed by atoms with Crippen molar-refractivity contribution in [1.82, 2.24) is 10.1 Å². The number of nitrogens with zero attached hydrogens (tertiary/aromatic N) is 2. The van der Waals surface area contributed by atoms with E-state index in [4.69, 9.17) is 26.6 Å². The molecule has 0 bridgehead atoms. The summed E-state index contributed by atoms with van der Waals surface area (Å²) in [7, 11) is 1.58. The van der Waals surface area contributed by atoms with Crippen LogP contribution in [0, 0.1) is 5.92 Å². The molecule has 1 unspecified atom stereocenters. The first-order chi connectivity index (χ1) is 9.52. The van der Waals surface area contributed by atoms with Crippen molar-refractivity contribution >= 4 is 11.6 Å². The number of ether oxygens (including phenoxy) is 1. The van der Waals surface area contributed by atoms with Gasteiger partial charge in [0.1, 0.15) is 5.75 Å². The van der Waals surface area contributed by atoms with Gasteiger partial charge >= 0.3 is 0 Å². The molecule has 0 radical (unpaired) electrons. The Kier molecular flexibility index (Phi) is 3.18. The van der Waals surface area contributed by atoms with E-state index in [1.807, 2.05) is 6.92 Å². The Morgan fingerprint density at radius 2 is 2.20 bits per heavy atom. The van der Waals surface area contributed by atoms with Gasteiger partial charge in [0.15, 0.2) is 0 Å². The molecular formula is C14H16ClN3O2. The maximum absolute atomic E-state index is 6.28. The maximum atomic E-state index is 6.28. The summed E-state index contributed by atoms with van der Waals surface area (Å²) in [5.41, 5.74) is 6.45. The van der Waals surface area contributed by atoms with Crippen LogP contribution in [0.25, 0.3) is 11.4 Å². The Labute approximate surface area is 122 Å². The lowest BCUT2D eigenvalue weighted by atomic mass is 9.97. The zero-order valence-corrected chi connectivity index (χ0v) is 12.1. The number of rotatable bonds is 4. The van der Waals surface area contributed by atoms with Crippen LogP contribution in [0.15, 0.2) is 22.7 Å². The fourth-order valence-corrected chi connectivity index (χ4v) is 2.42. The number of halogens is 1. The van der Waals surface area contributed by atoms with Crippen molar-refractivity contribution in [2.24, 2.45) is 11.7 Å². The van der Waals surface area contributed by atoms with E-state index < -0.39 is 5.54 Å². The molecule has 1 aromatic carbocycles. The third kappa shape index (κ3) is 2.27. The molecular weight excluding hydrogens is 278 g/mol. The quantitative estimate of drug-likeness (QED) is 0.938. The van der Waals surface area contributed by atoms with Gasteiger partial charge in [0.25, 0.3) is 0 Å². The summed E-state index contributed by atoms with van der Waals surface area (Å²) in [5, 5.41) is 4.61. The van der Waals surface area contributed by atoms with E-state index in [-0.39, 0.29) is 0 Å². The van der Waals surface area contributed by atoms with Gasteiger partial charge in [-0.05, 0) is 43.9 Å². The summed E-state index contributed by atoms with van der Waals surface area (Å²) >= 11 is 5.95. The lowest BCUT2D eigenvalue weighted by molar-refractivity contribution is 0.273. The van der Waals surface area contributed by atoms with E-state index >= 15 is 0 Å². The molecule has 1 saturated carbocycles. The number of aromatic nitrogens is 2. The number of nitrogens with two attached hydrogens (primary N) is 1. The topological polar surface area (TPSA) is 74.2 Å². The molecule has 6 heteroatoms. The van der Waals surface area contributed by atoms with Crippen LogP contribution in [0.3, 0.4) is 0 Å². The van der Waals surface area contributed by atoms with E-state index in [2.05, 4.69) is 10.1 Å². The molecule has 0 saturated heterocycles. The monoisotopic (exact) mass is 293 g/mol. The molecule has 20 heavy (non-hydrogen) atoms. The molecule has 0 aliphatic heterocycles. The molecule has 2 aromatic rings. The summed E-state index contributed by atoms with van der Waals surface area (Å²) in [5.74, 6) is 1.95. The van der Waals surface area contributed by atoms with Crippen LogP contribution >= 0.6 is 11.6 Å². The third-order valence-corrected chi connectivity index (χ3v) is 3.95. The van der Waals surface area contributed by atoms with Gasteiger partial charge in [0.2, 0.25) is 11.7 Å². The first-order valence-corrected chi connectivity index (χ1v) is 6.87. The molecule has 1 aromatic heterocycles. The van der Waals surface area contributed by atoms with Gasteiger partial charge < -0.3 is 15.0 Å². The molecule has 3 rings (SSSR count). The molecule has 1 atom stereocenters. The highest BCUT2D eigenvalue weighted by Crippen LogP contribution is 2.43. The summed E-state index contributed by atoms with van der Waals surface area (Å²) in [6.07, 6.45) is 2.21. The molecule has 0 spiro atoms. The predicted octanol–water partition coefficient (Wildman–Crippen LogP) is 2.98. The van der Waals surface area contributed by atoms with Crippen molar-refractivity contribution in [3.05, 3.63) is 29.1 Å². The number of methoxy groups -OCH3 is 1. The second-order valence-electron chi connectivity index (χ2n) is 5.32. The van der Waals surface area contributed by atoms with E-state index in [1.165, 1.54) is 0 Å². The van der Waals surface area contributed by atoms with Crippen LogP contribution in [-0.4, -0.2) is 17.3 Å². The molecule has 0 amide bonds. The van der Waals surface area contributed by atoms with Crippen LogP contribution in [0.1, 0.15) is 25.7 Å². The third-order valence-electron chi connectivity index (χ3n) is 3.72. The van der Waals surface area contributed by atoms with Crippen LogP contribution in [0.2, 0.25) is 5.02 Å². The van der Waals surface area contributed by atoms with Crippen molar-refractivity contribution in [3.8, 4) is 17.1 Å². The van der Waals surface area contributed by atoms with Crippen LogP contribution in [0.4, 0.5) is 0 Å². The lowest BCUT2D eigenvalue weighted by Gasteiger charge is -2.18. The highest BCUT2D eigenvalue weighted by atomic mass is 35.5.